The molecule has 0 aliphatic carbocycles. The zero-order valence-corrected chi connectivity index (χ0v) is 17.0. The Morgan fingerprint density at radius 2 is 1.80 bits per heavy atom. The lowest BCUT2D eigenvalue weighted by Gasteiger charge is -2.17. The van der Waals surface area contributed by atoms with Crippen LogP contribution in [0.5, 0.6) is 0 Å². The smallest absolute Gasteiger partial charge is 0.242 e. The van der Waals surface area contributed by atoms with E-state index in [9.17, 15) is 13.2 Å². The van der Waals surface area contributed by atoms with Crippen LogP contribution < -0.4 is 10.0 Å². The Balaban J connectivity index is 2.15. The van der Waals surface area contributed by atoms with Gasteiger partial charge >= 0.3 is 0 Å². The van der Waals surface area contributed by atoms with Gasteiger partial charge in [-0.2, -0.15) is 4.72 Å². The van der Waals surface area contributed by atoms with Crippen molar-refractivity contribution in [2.75, 3.05) is 5.32 Å². The van der Waals surface area contributed by atoms with Gasteiger partial charge in [0.05, 0.1) is 15.6 Å². The van der Waals surface area contributed by atoms with Crippen molar-refractivity contribution in [1.29, 1.82) is 0 Å². The van der Waals surface area contributed by atoms with Crippen molar-refractivity contribution >= 4 is 60.7 Å². The summed E-state index contributed by atoms with van der Waals surface area (Å²) in [6.45, 7) is 1.71. The zero-order chi connectivity index (χ0) is 18.6. The Hall–Kier alpha value is -1.12. The second-order valence-electron chi connectivity index (χ2n) is 5.15. The molecule has 0 heterocycles. The molecule has 134 valence electrons. The number of carbonyl (C=O) groups is 1. The number of hydrogen-bond acceptors (Lipinski definition) is 3. The topological polar surface area (TPSA) is 75.3 Å². The van der Waals surface area contributed by atoms with Crippen LogP contribution in [0.2, 0.25) is 10.0 Å². The van der Waals surface area contributed by atoms with Gasteiger partial charge < -0.3 is 5.32 Å². The molecule has 1 amide bonds. The minimum Gasteiger partial charge on any atom is -0.323 e. The molecule has 2 aromatic carbocycles. The average Bonchev–Trinajstić information content (AvgIpc) is 2.55. The normalized spacial score (nSPS) is 12.6. The van der Waals surface area contributed by atoms with Gasteiger partial charge in [0.2, 0.25) is 15.9 Å². The minimum atomic E-state index is -3.83. The molecule has 1 unspecified atom stereocenters. The van der Waals surface area contributed by atoms with Crippen molar-refractivity contribution < 1.29 is 13.2 Å². The maximum Gasteiger partial charge on any atom is 0.242 e. The molecule has 0 saturated heterocycles. The maximum atomic E-state index is 12.4. The summed E-state index contributed by atoms with van der Waals surface area (Å²) in [5.41, 5.74) is 0.359. The first-order valence-corrected chi connectivity index (χ1v) is 10.3. The highest BCUT2D eigenvalue weighted by Crippen LogP contribution is 2.25. The predicted molar refractivity (Wildman–Crippen MR) is 104 cm³/mol. The van der Waals surface area contributed by atoms with E-state index in [0.29, 0.717) is 10.7 Å². The van der Waals surface area contributed by atoms with E-state index >= 15 is 0 Å². The highest BCUT2D eigenvalue weighted by Gasteiger charge is 2.24. The fraction of sp³-hybridized carbons (Fsp3) is 0.188. The van der Waals surface area contributed by atoms with Gasteiger partial charge in [0.15, 0.2) is 0 Å². The number of sulfonamides is 1. The van der Waals surface area contributed by atoms with Crippen molar-refractivity contribution in [1.82, 2.24) is 4.72 Å². The predicted octanol–water partition coefficient (Wildman–Crippen LogP) is 4.45. The lowest BCUT2D eigenvalue weighted by atomic mass is 10.2. The van der Waals surface area contributed by atoms with Crippen LogP contribution in [0.3, 0.4) is 0 Å². The molecular formula is C16H15BrCl2N2O3S. The first-order chi connectivity index (χ1) is 11.7. The lowest BCUT2D eigenvalue weighted by molar-refractivity contribution is -0.117. The largest absolute Gasteiger partial charge is 0.323 e. The molecule has 2 aromatic rings. The first kappa shape index (κ1) is 20.2. The molecule has 0 radical (unpaired) electrons. The van der Waals surface area contributed by atoms with Crippen LogP contribution in [0.25, 0.3) is 0 Å². The third kappa shape index (κ3) is 5.43. The van der Waals surface area contributed by atoms with Gasteiger partial charge in [-0.25, -0.2) is 8.42 Å². The van der Waals surface area contributed by atoms with Gasteiger partial charge in [-0.1, -0.05) is 46.1 Å². The third-order valence-electron chi connectivity index (χ3n) is 3.34. The Bertz CT molecular complexity index is 873. The highest BCUT2D eigenvalue weighted by atomic mass is 79.9. The molecule has 5 nitrogen and oxygen atoms in total. The molecule has 0 fully saturated rings. The zero-order valence-electron chi connectivity index (χ0n) is 13.1. The number of nitrogens with one attached hydrogen (secondary N) is 2. The van der Waals surface area contributed by atoms with Crippen LogP contribution >= 0.6 is 39.1 Å². The molecule has 0 aliphatic rings. The van der Waals surface area contributed by atoms with Crippen molar-refractivity contribution in [2.24, 2.45) is 0 Å². The van der Waals surface area contributed by atoms with Crippen LogP contribution in [0.4, 0.5) is 5.69 Å². The van der Waals surface area contributed by atoms with Gasteiger partial charge in [-0.3, -0.25) is 4.79 Å². The van der Waals surface area contributed by atoms with Gasteiger partial charge in [0.1, 0.15) is 6.04 Å². The summed E-state index contributed by atoms with van der Waals surface area (Å²) in [7, 11) is -3.83. The molecule has 2 N–H and O–H groups in total. The summed E-state index contributed by atoms with van der Waals surface area (Å²) < 4.78 is 28.0. The Morgan fingerprint density at radius 1 is 1.16 bits per heavy atom. The maximum absolute atomic E-state index is 12.4. The lowest BCUT2D eigenvalue weighted by Crippen LogP contribution is -2.43. The fourth-order valence-corrected chi connectivity index (χ4v) is 4.00. The van der Waals surface area contributed by atoms with E-state index < -0.39 is 22.0 Å². The quantitative estimate of drug-likeness (QED) is 0.661. The van der Waals surface area contributed by atoms with Crippen LogP contribution in [-0.2, 0) is 14.8 Å². The second kappa shape index (κ2) is 8.51. The Labute approximate surface area is 164 Å². The standard InChI is InChI=1S/C16H15BrCl2N2O3S/c1-2-14(16(22)20-15-8-5-11(18)9-13(15)19)21-25(23,24)12-6-3-10(17)4-7-12/h3-9,14,21H,2H2,1H3,(H,20,22). The van der Waals surface area contributed by atoms with E-state index in [2.05, 4.69) is 26.0 Å². The number of hydrogen-bond donors (Lipinski definition) is 2. The number of benzene rings is 2. The summed E-state index contributed by atoms with van der Waals surface area (Å²) in [6, 6.07) is 9.81. The third-order valence-corrected chi connectivity index (χ3v) is 5.90. The number of amides is 1. The van der Waals surface area contributed by atoms with Gasteiger partial charge in [0.25, 0.3) is 0 Å². The van der Waals surface area contributed by atoms with Gasteiger partial charge in [0, 0.05) is 9.50 Å². The SMILES string of the molecule is CCC(NS(=O)(=O)c1ccc(Br)cc1)C(=O)Nc1ccc(Cl)cc1Cl. The van der Waals surface area contributed by atoms with E-state index in [4.69, 9.17) is 23.2 Å². The van der Waals surface area contributed by atoms with Crippen LogP contribution in [0.15, 0.2) is 51.8 Å². The fourth-order valence-electron chi connectivity index (χ4n) is 2.00. The van der Waals surface area contributed by atoms with E-state index in [-0.39, 0.29) is 16.3 Å². The summed E-state index contributed by atoms with van der Waals surface area (Å²) in [4.78, 5) is 12.5. The summed E-state index contributed by atoms with van der Waals surface area (Å²) >= 11 is 15.1. The minimum absolute atomic E-state index is 0.0754. The summed E-state index contributed by atoms with van der Waals surface area (Å²) in [5.74, 6) is -0.507. The Morgan fingerprint density at radius 3 is 2.36 bits per heavy atom. The monoisotopic (exact) mass is 464 g/mol. The molecule has 0 spiro atoms. The molecule has 25 heavy (non-hydrogen) atoms. The molecule has 0 aliphatic heterocycles. The molecule has 0 saturated carbocycles. The second-order valence-corrected chi connectivity index (χ2v) is 8.62. The van der Waals surface area contributed by atoms with E-state index in [1.54, 1.807) is 31.2 Å². The molecule has 9 heteroatoms. The number of anilines is 1. The molecule has 0 bridgehead atoms. The average molecular weight is 466 g/mol. The first-order valence-electron chi connectivity index (χ1n) is 7.26. The van der Waals surface area contributed by atoms with Crippen LogP contribution in [-0.4, -0.2) is 20.4 Å². The number of carbonyl (C=O) groups excluding carboxylic acids is 1. The van der Waals surface area contributed by atoms with E-state index in [1.807, 2.05) is 0 Å². The van der Waals surface area contributed by atoms with Crippen molar-refractivity contribution in [3.05, 3.63) is 57.0 Å². The number of rotatable bonds is 6. The Kier molecular flexibility index (Phi) is 6.87. The summed E-state index contributed by atoms with van der Waals surface area (Å²) in [6.07, 6.45) is 0.271. The summed E-state index contributed by atoms with van der Waals surface area (Å²) in [5, 5.41) is 3.31. The van der Waals surface area contributed by atoms with Gasteiger partial charge in [-0.05, 0) is 48.9 Å². The van der Waals surface area contributed by atoms with Crippen LogP contribution in [0.1, 0.15) is 13.3 Å². The molecule has 0 aromatic heterocycles. The van der Waals surface area contributed by atoms with Gasteiger partial charge in [-0.15, -0.1) is 0 Å². The van der Waals surface area contributed by atoms with Crippen molar-refractivity contribution in [3.63, 3.8) is 0 Å². The molecule has 2 rings (SSSR count). The molecule has 1 atom stereocenters. The molecular weight excluding hydrogens is 451 g/mol. The highest BCUT2D eigenvalue weighted by molar-refractivity contribution is 9.10. The number of halogens is 3. The van der Waals surface area contributed by atoms with E-state index in [0.717, 1.165) is 4.47 Å². The van der Waals surface area contributed by atoms with E-state index in [1.165, 1.54) is 18.2 Å². The van der Waals surface area contributed by atoms with Crippen molar-refractivity contribution in [3.8, 4) is 0 Å². The van der Waals surface area contributed by atoms with Crippen LogP contribution in [0, 0.1) is 0 Å². The van der Waals surface area contributed by atoms with Crippen molar-refractivity contribution in [2.45, 2.75) is 24.3 Å².